The van der Waals surface area contributed by atoms with Gasteiger partial charge in [0.15, 0.2) is 6.29 Å². The van der Waals surface area contributed by atoms with Crippen LogP contribution < -0.4 is 0 Å². The van der Waals surface area contributed by atoms with Gasteiger partial charge in [-0.3, -0.25) is 9.35 Å². The van der Waals surface area contributed by atoms with Gasteiger partial charge >= 0.3 is 16.4 Å². The first-order valence-corrected chi connectivity index (χ1v) is 29.1. The maximum atomic E-state index is 12.9. The molecule has 6 atom stereocenters. The molecule has 406 valence electrons. The highest BCUT2D eigenvalue weighted by atomic mass is 32.3. The third kappa shape index (κ3) is 40.1. The van der Waals surface area contributed by atoms with Gasteiger partial charge in [-0.05, 0) is 64.2 Å². The Morgan fingerprint density at radius 1 is 0.557 bits per heavy atom. The van der Waals surface area contributed by atoms with Crippen molar-refractivity contribution in [3.63, 3.8) is 0 Å². The van der Waals surface area contributed by atoms with Crippen LogP contribution in [0.25, 0.3) is 0 Å². The van der Waals surface area contributed by atoms with Crippen molar-refractivity contribution in [2.45, 2.75) is 256 Å². The Morgan fingerprint density at radius 2 is 0.986 bits per heavy atom. The second-order valence-corrected chi connectivity index (χ2v) is 19.8. The molecule has 1 saturated heterocycles. The van der Waals surface area contributed by atoms with Crippen molar-refractivity contribution in [3.8, 4) is 0 Å². The number of rotatable bonds is 48. The summed E-state index contributed by atoms with van der Waals surface area (Å²) in [6.45, 7) is 3.82. The Labute approximate surface area is 426 Å². The Morgan fingerprint density at radius 3 is 1.43 bits per heavy atom. The summed E-state index contributed by atoms with van der Waals surface area (Å²) >= 11 is 0. The number of carbonyl (C=O) groups excluding carboxylic acids is 1. The van der Waals surface area contributed by atoms with Gasteiger partial charge in [-0.15, -0.1) is 0 Å². The van der Waals surface area contributed by atoms with Crippen LogP contribution in [-0.4, -0.2) is 97.5 Å². The minimum absolute atomic E-state index is 0.0119. The molecule has 6 unspecified atom stereocenters. The fraction of sp³-hybridized carbons (Fsp3) is 0.772. The molecule has 70 heavy (non-hydrogen) atoms. The lowest BCUT2D eigenvalue weighted by Crippen LogP contribution is -2.60. The summed E-state index contributed by atoms with van der Waals surface area (Å²) in [7, 11) is -5.07. The Balaban J connectivity index is 2.36. The van der Waals surface area contributed by atoms with Gasteiger partial charge < -0.3 is 34.3 Å². The third-order valence-electron chi connectivity index (χ3n) is 12.3. The number of hydrogen-bond donors (Lipinski definition) is 4. The molecule has 0 amide bonds. The number of hydrogen-bond acceptors (Lipinski definition) is 11. The predicted octanol–water partition coefficient (Wildman–Crippen LogP) is 13.4. The van der Waals surface area contributed by atoms with Crippen molar-refractivity contribution in [1.82, 2.24) is 0 Å². The maximum absolute atomic E-state index is 12.9. The van der Waals surface area contributed by atoms with Gasteiger partial charge in [-0.25, -0.2) is 4.18 Å². The smallest absolute Gasteiger partial charge is 0.397 e. The van der Waals surface area contributed by atoms with Crippen LogP contribution in [0, 0.1) is 0 Å². The van der Waals surface area contributed by atoms with Crippen molar-refractivity contribution in [2.75, 3.05) is 26.4 Å². The van der Waals surface area contributed by atoms with Crippen LogP contribution >= 0.6 is 0 Å². The molecule has 0 radical (unpaired) electrons. The number of ether oxygens (including phenoxy) is 4. The quantitative estimate of drug-likeness (QED) is 0.0197. The molecule has 12 nitrogen and oxygen atoms in total. The van der Waals surface area contributed by atoms with E-state index in [4.69, 9.17) is 18.9 Å². The van der Waals surface area contributed by atoms with Gasteiger partial charge in [0.25, 0.3) is 0 Å². The number of aliphatic hydroxyl groups excluding tert-OH is 3. The van der Waals surface area contributed by atoms with Gasteiger partial charge in [-0.2, -0.15) is 8.42 Å². The second kappa shape index (κ2) is 47.5. The topological polar surface area (TPSA) is 178 Å². The fourth-order valence-electron chi connectivity index (χ4n) is 8.21. The summed E-state index contributed by atoms with van der Waals surface area (Å²) in [5.74, 6) is -0.410. The van der Waals surface area contributed by atoms with E-state index in [9.17, 15) is 33.1 Å². The van der Waals surface area contributed by atoms with Crippen LogP contribution in [0.1, 0.15) is 219 Å². The van der Waals surface area contributed by atoms with Gasteiger partial charge in [0, 0.05) is 13.0 Å². The molecule has 0 spiro atoms. The van der Waals surface area contributed by atoms with Crippen molar-refractivity contribution >= 4 is 16.4 Å². The van der Waals surface area contributed by atoms with Crippen molar-refractivity contribution in [1.29, 1.82) is 0 Å². The number of allylic oxidation sites excluding steroid dienone is 12. The lowest BCUT2D eigenvalue weighted by molar-refractivity contribution is -0.301. The maximum Gasteiger partial charge on any atom is 0.397 e. The molecule has 13 heteroatoms. The number of esters is 1. The van der Waals surface area contributed by atoms with Crippen LogP contribution in [0.5, 0.6) is 0 Å². The minimum Gasteiger partial charge on any atom is -0.457 e. The van der Waals surface area contributed by atoms with E-state index in [1.165, 1.54) is 109 Å². The van der Waals surface area contributed by atoms with E-state index in [1.807, 2.05) is 0 Å². The summed E-state index contributed by atoms with van der Waals surface area (Å²) in [5.41, 5.74) is 0. The molecule has 1 fully saturated rings. The average Bonchev–Trinajstić information content (AvgIpc) is 3.34. The first-order chi connectivity index (χ1) is 34.1. The molecular weight excluding hydrogens is 909 g/mol. The molecule has 0 saturated carbocycles. The molecule has 0 aromatic heterocycles. The SMILES string of the molecule is CC/C=C\C/C=C\C/C=C\C/C=C\C/C=C\C/C=C\CCCCCOCC(COC1OC(CO)C(O)C(OS(=O)(=O)O)C1O)OC(=O)CCCCCCCCCCCCCCCCCCCCCCC. The normalized spacial score (nSPS) is 19.7. The van der Waals surface area contributed by atoms with Crippen molar-refractivity contribution < 1.29 is 56.2 Å². The van der Waals surface area contributed by atoms with Crippen LogP contribution in [-0.2, 0) is 38.3 Å². The summed E-state index contributed by atoms with van der Waals surface area (Å²) < 4.78 is 59.3. The molecule has 4 N–H and O–H groups in total. The van der Waals surface area contributed by atoms with E-state index >= 15 is 0 Å². The minimum atomic E-state index is -5.07. The van der Waals surface area contributed by atoms with Gasteiger partial charge in [0.2, 0.25) is 0 Å². The van der Waals surface area contributed by atoms with E-state index in [0.717, 1.165) is 83.5 Å². The van der Waals surface area contributed by atoms with E-state index in [2.05, 4.69) is 90.9 Å². The Hall–Kier alpha value is -2.46. The molecule has 1 aliphatic heterocycles. The zero-order valence-corrected chi connectivity index (χ0v) is 44.6. The standard InChI is InChI=1S/C57H100O12S/c1-3-5-7-9-11-13-15-17-19-21-23-25-27-29-31-33-35-37-39-41-43-45-47-65-49-51(50-66-57-55(61)56(69-70(62,63)64)54(60)52(48-58)68-57)67-53(59)46-44-42-40-38-36-34-32-30-28-26-24-22-20-18-16-14-12-10-8-6-4-2/h5,7,11,13,17,19,23,25,29,31,35,37,51-52,54-58,60-61H,3-4,6,8-10,12,14-16,18,20-22,24,26-28,30,32-34,36,38-50H2,1-2H3,(H,62,63,64)/b7-5-,13-11-,19-17-,25-23-,31-29-,37-35-. The lowest BCUT2D eigenvalue weighted by atomic mass is 9.99. The lowest BCUT2D eigenvalue weighted by Gasteiger charge is -2.41. The van der Waals surface area contributed by atoms with Gasteiger partial charge in [-0.1, -0.05) is 222 Å². The average molecular weight is 1010 g/mol. The zero-order chi connectivity index (χ0) is 51.0. The third-order valence-corrected chi connectivity index (χ3v) is 12.8. The van der Waals surface area contributed by atoms with Crippen LogP contribution in [0.15, 0.2) is 72.9 Å². The highest BCUT2D eigenvalue weighted by molar-refractivity contribution is 7.80. The van der Waals surface area contributed by atoms with Crippen LogP contribution in [0.4, 0.5) is 0 Å². The van der Waals surface area contributed by atoms with E-state index < -0.39 is 59.8 Å². The molecular formula is C57H100O12S. The first-order valence-electron chi connectivity index (χ1n) is 27.7. The molecule has 0 bridgehead atoms. The highest BCUT2D eigenvalue weighted by Gasteiger charge is 2.48. The summed E-state index contributed by atoms with van der Waals surface area (Å²) in [5, 5.41) is 30.8. The molecule has 0 aromatic carbocycles. The summed E-state index contributed by atoms with van der Waals surface area (Å²) in [6.07, 6.45) is 53.7. The molecule has 0 aliphatic carbocycles. The van der Waals surface area contributed by atoms with E-state index in [1.54, 1.807) is 0 Å². The van der Waals surface area contributed by atoms with Crippen molar-refractivity contribution in [3.05, 3.63) is 72.9 Å². The Kier molecular flexibility index (Phi) is 44.5. The van der Waals surface area contributed by atoms with Crippen molar-refractivity contribution in [2.24, 2.45) is 0 Å². The summed E-state index contributed by atoms with van der Waals surface area (Å²) in [4.78, 5) is 12.9. The molecule has 1 aliphatic rings. The molecule has 1 rings (SSSR count). The van der Waals surface area contributed by atoms with Gasteiger partial charge in [0.05, 0.1) is 19.8 Å². The number of unbranched alkanes of at least 4 members (excludes halogenated alkanes) is 23. The first kappa shape index (κ1) is 65.6. The van der Waals surface area contributed by atoms with Crippen LogP contribution in [0.3, 0.4) is 0 Å². The van der Waals surface area contributed by atoms with Gasteiger partial charge in [0.1, 0.15) is 30.5 Å². The highest BCUT2D eigenvalue weighted by Crippen LogP contribution is 2.26. The Bertz CT molecular complexity index is 1490. The zero-order valence-electron chi connectivity index (χ0n) is 43.8. The number of aliphatic hydroxyl groups is 3. The van der Waals surface area contributed by atoms with Crippen LogP contribution in [0.2, 0.25) is 0 Å². The van der Waals surface area contributed by atoms with E-state index in [-0.39, 0.29) is 19.6 Å². The monoisotopic (exact) mass is 1010 g/mol. The summed E-state index contributed by atoms with van der Waals surface area (Å²) in [6, 6.07) is 0. The second-order valence-electron chi connectivity index (χ2n) is 18.8. The largest absolute Gasteiger partial charge is 0.457 e. The molecule has 1 heterocycles. The molecule has 0 aromatic rings. The fourth-order valence-corrected chi connectivity index (χ4v) is 8.72. The number of carbonyl (C=O) groups is 1. The predicted molar refractivity (Wildman–Crippen MR) is 285 cm³/mol. The van der Waals surface area contributed by atoms with E-state index in [0.29, 0.717) is 13.0 Å².